The van der Waals surface area contributed by atoms with Crippen molar-refractivity contribution < 1.29 is 9.21 Å². The number of carbonyl (C=O) groups excluding carboxylic acids is 1. The molecule has 2 aromatic heterocycles. The summed E-state index contributed by atoms with van der Waals surface area (Å²) in [4.78, 5) is 23.4. The molecule has 1 fully saturated rings. The number of thioether (sulfide) groups is 1. The fourth-order valence-corrected chi connectivity index (χ4v) is 4.40. The van der Waals surface area contributed by atoms with Crippen LogP contribution in [0.5, 0.6) is 0 Å². The molecule has 5 nitrogen and oxygen atoms in total. The standard InChI is InChI=1S/C21H14Cl3N3O2S/c1-2-27-20(28)18(30-21(27)26-16-4-3-9-25-19(16)24)11-13-6-8-17(29-13)14-10-12(22)5-7-15(14)23/h3-11H,2H2,1H3/b18-11+,26-21?. The van der Waals surface area contributed by atoms with Crippen LogP contribution in [0.1, 0.15) is 12.7 Å². The van der Waals surface area contributed by atoms with Gasteiger partial charge in [0.2, 0.25) is 0 Å². The second kappa shape index (κ2) is 8.86. The van der Waals surface area contributed by atoms with Gasteiger partial charge >= 0.3 is 0 Å². The number of benzene rings is 1. The Bertz CT molecular complexity index is 1190. The third kappa shape index (κ3) is 4.27. The first kappa shape index (κ1) is 21.0. The summed E-state index contributed by atoms with van der Waals surface area (Å²) in [6, 6.07) is 12.2. The quantitative estimate of drug-likeness (QED) is 0.301. The van der Waals surface area contributed by atoms with Gasteiger partial charge in [0.1, 0.15) is 17.2 Å². The number of halogens is 3. The third-order valence-corrected chi connectivity index (χ3v) is 6.12. The molecular weight excluding hydrogens is 465 g/mol. The van der Waals surface area contributed by atoms with Gasteiger partial charge in [-0.2, -0.15) is 0 Å². The zero-order valence-corrected chi connectivity index (χ0v) is 18.7. The minimum atomic E-state index is -0.153. The molecule has 0 unspecified atom stereocenters. The van der Waals surface area contributed by atoms with E-state index < -0.39 is 0 Å². The number of amidine groups is 1. The number of hydrogen-bond acceptors (Lipinski definition) is 5. The summed E-state index contributed by atoms with van der Waals surface area (Å²) < 4.78 is 5.88. The summed E-state index contributed by atoms with van der Waals surface area (Å²) in [6.07, 6.45) is 3.27. The molecule has 152 valence electrons. The minimum absolute atomic E-state index is 0.153. The summed E-state index contributed by atoms with van der Waals surface area (Å²) in [5.74, 6) is 0.932. The van der Waals surface area contributed by atoms with Crippen LogP contribution in [0.25, 0.3) is 17.4 Å². The third-order valence-electron chi connectivity index (χ3n) is 4.25. The fraction of sp³-hybridized carbons (Fsp3) is 0.0952. The van der Waals surface area contributed by atoms with E-state index in [2.05, 4.69) is 9.98 Å². The molecular formula is C21H14Cl3N3O2S. The van der Waals surface area contributed by atoms with E-state index in [1.54, 1.807) is 59.6 Å². The van der Waals surface area contributed by atoms with Crippen LogP contribution >= 0.6 is 46.6 Å². The number of rotatable bonds is 4. The Kier molecular flexibility index (Phi) is 6.20. The molecule has 0 saturated carbocycles. The lowest BCUT2D eigenvalue weighted by Gasteiger charge is -2.12. The average Bonchev–Trinajstić information content (AvgIpc) is 3.30. The van der Waals surface area contributed by atoms with Crippen LogP contribution in [0, 0.1) is 0 Å². The number of nitrogens with zero attached hydrogens (tertiary/aromatic N) is 3. The molecule has 1 aliphatic rings. The predicted octanol–water partition coefficient (Wildman–Crippen LogP) is 6.93. The molecule has 0 aliphatic carbocycles. The molecule has 9 heteroatoms. The summed E-state index contributed by atoms with van der Waals surface area (Å²) in [5.41, 5.74) is 1.19. The van der Waals surface area contributed by atoms with Gasteiger partial charge in [-0.3, -0.25) is 9.69 Å². The first-order valence-corrected chi connectivity index (χ1v) is 10.9. The zero-order valence-electron chi connectivity index (χ0n) is 15.6. The van der Waals surface area contributed by atoms with Gasteiger partial charge in [0.25, 0.3) is 5.91 Å². The monoisotopic (exact) mass is 477 g/mol. The highest BCUT2D eigenvalue weighted by Crippen LogP contribution is 2.37. The van der Waals surface area contributed by atoms with Crippen molar-refractivity contribution in [1.82, 2.24) is 9.88 Å². The molecule has 30 heavy (non-hydrogen) atoms. The number of likely N-dealkylation sites (N-methyl/N-ethyl adjacent to an activating group) is 1. The van der Waals surface area contributed by atoms with Crippen LogP contribution in [0.4, 0.5) is 5.69 Å². The van der Waals surface area contributed by atoms with Crippen molar-refractivity contribution in [1.29, 1.82) is 0 Å². The van der Waals surface area contributed by atoms with E-state index in [0.29, 0.717) is 49.4 Å². The van der Waals surface area contributed by atoms with Crippen molar-refractivity contribution in [3.63, 3.8) is 0 Å². The van der Waals surface area contributed by atoms with Gasteiger partial charge in [-0.1, -0.05) is 34.8 Å². The van der Waals surface area contributed by atoms with Crippen LogP contribution in [-0.4, -0.2) is 27.5 Å². The molecule has 1 amide bonds. The Balaban J connectivity index is 1.65. The largest absolute Gasteiger partial charge is 0.457 e. The minimum Gasteiger partial charge on any atom is -0.457 e. The van der Waals surface area contributed by atoms with Crippen molar-refractivity contribution >= 4 is 69.4 Å². The van der Waals surface area contributed by atoms with Crippen molar-refractivity contribution in [2.24, 2.45) is 4.99 Å². The van der Waals surface area contributed by atoms with E-state index in [9.17, 15) is 4.79 Å². The number of carbonyl (C=O) groups is 1. The summed E-state index contributed by atoms with van der Waals surface area (Å²) >= 11 is 19.7. The van der Waals surface area contributed by atoms with E-state index in [4.69, 9.17) is 39.2 Å². The number of amides is 1. The molecule has 0 spiro atoms. The molecule has 1 saturated heterocycles. The highest BCUT2D eigenvalue weighted by atomic mass is 35.5. The maximum absolute atomic E-state index is 12.8. The second-order valence-electron chi connectivity index (χ2n) is 6.19. The molecule has 4 rings (SSSR count). The van der Waals surface area contributed by atoms with Gasteiger partial charge < -0.3 is 4.42 Å². The Morgan fingerprint density at radius 1 is 1.20 bits per heavy atom. The van der Waals surface area contributed by atoms with E-state index in [-0.39, 0.29) is 11.1 Å². The summed E-state index contributed by atoms with van der Waals surface area (Å²) in [5, 5.41) is 1.90. The van der Waals surface area contributed by atoms with E-state index in [1.807, 2.05) is 6.92 Å². The molecule has 0 atom stereocenters. The first-order valence-electron chi connectivity index (χ1n) is 8.92. The number of aliphatic imine (C=N–C) groups is 1. The maximum Gasteiger partial charge on any atom is 0.266 e. The number of hydrogen-bond donors (Lipinski definition) is 0. The SMILES string of the molecule is CCN1C(=O)/C(=C\c2ccc(-c3cc(Cl)ccc3Cl)o2)SC1=Nc1cccnc1Cl. The Morgan fingerprint density at radius 3 is 2.80 bits per heavy atom. The molecule has 0 radical (unpaired) electrons. The molecule has 1 aliphatic heterocycles. The Hall–Kier alpha value is -2.25. The van der Waals surface area contributed by atoms with Gasteiger partial charge in [0.05, 0.1) is 9.93 Å². The lowest BCUT2D eigenvalue weighted by molar-refractivity contribution is -0.122. The highest BCUT2D eigenvalue weighted by Gasteiger charge is 2.32. The van der Waals surface area contributed by atoms with Crippen molar-refractivity contribution in [3.8, 4) is 11.3 Å². The normalized spacial score (nSPS) is 16.8. The molecule has 0 N–H and O–H groups in total. The van der Waals surface area contributed by atoms with Gasteiger partial charge in [-0.15, -0.1) is 0 Å². The van der Waals surface area contributed by atoms with Crippen LogP contribution in [0.2, 0.25) is 15.2 Å². The molecule has 1 aromatic carbocycles. The van der Waals surface area contributed by atoms with Crippen molar-refractivity contribution in [2.75, 3.05) is 6.54 Å². The number of furan rings is 1. The first-order chi connectivity index (χ1) is 14.5. The molecule has 3 heterocycles. The van der Waals surface area contributed by atoms with Crippen molar-refractivity contribution in [3.05, 3.63) is 74.5 Å². The van der Waals surface area contributed by atoms with Crippen molar-refractivity contribution in [2.45, 2.75) is 6.92 Å². The highest BCUT2D eigenvalue weighted by molar-refractivity contribution is 8.18. The van der Waals surface area contributed by atoms with E-state index in [1.165, 1.54) is 11.8 Å². The lowest BCUT2D eigenvalue weighted by Crippen LogP contribution is -2.28. The molecule has 3 aromatic rings. The van der Waals surface area contributed by atoms with Gasteiger partial charge in [-0.25, -0.2) is 9.98 Å². The smallest absolute Gasteiger partial charge is 0.266 e. The van der Waals surface area contributed by atoms with Gasteiger partial charge in [-0.05, 0) is 61.2 Å². The second-order valence-corrected chi connectivity index (χ2v) is 8.40. The topological polar surface area (TPSA) is 58.7 Å². The number of aromatic nitrogens is 1. The van der Waals surface area contributed by atoms with E-state index in [0.717, 1.165) is 0 Å². The van der Waals surface area contributed by atoms with Crippen LogP contribution < -0.4 is 0 Å². The maximum atomic E-state index is 12.8. The summed E-state index contributed by atoms with van der Waals surface area (Å²) in [6.45, 7) is 2.36. The summed E-state index contributed by atoms with van der Waals surface area (Å²) in [7, 11) is 0. The average molecular weight is 479 g/mol. The van der Waals surface area contributed by atoms with E-state index >= 15 is 0 Å². The van der Waals surface area contributed by atoms with Crippen LogP contribution in [-0.2, 0) is 4.79 Å². The van der Waals surface area contributed by atoms with Crippen LogP contribution in [0.3, 0.4) is 0 Å². The zero-order chi connectivity index (χ0) is 21.3. The van der Waals surface area contributed by atoms with Gasteiger partial charge in [0, 0.05) is 29.4 Å². The lowest BCUT2D eigenvalue weighted by atomic mass is 10.2. The Morgan fingerprint density at radius 2 is 2.03 bits per heavy atom. The predicted molar refractivity (Wildman–Crippen MR) is 123 cm³/mol. The molecule has 0 bridgehead atoms. The van der Waals surface area contributed by atoms with Crippen LogP contribution in [0.15, 0.2) is 63.0 Å². The fourth-order valence-electron chi connectivity index (χ4n) is 2.82. The number of pyridine rings is 1. The van der Waals surface area contributed by atoms with Gasteiger partial charge in [0.15, 0.2) is 10.3 Å². The Labute approximate surface area is 192 Å².